The molecule has 2 fully saturated rings. The van der Waals surface area contributed by atoms with Gasteiger partial charge in [0.05, 0.1) is 0 Å². The quantitative estimate of drug-likeness (QED) is 0.830. The Bertz CT molecular complexity index is 427. The van der Waals surface area contributed by atoms with E-state index in [-0.39, 0.29) is 17.4 Å². The molecule has 1 aromatic heterocycles. The van der Waals surface area contributed by atoms with E-state index in [9.17, 15) is 9.90 Å². The largest absolute Gasteiger partial charge is 0.505 e. The number of amides is 1. The SMILES string of the molecule is O=C(NC(C1CC1)C1CC1)c1ncccc1O. The number of rotatable bonds is 4. The van der Waals surface area contributed by atoms with Crippen molar-refractivity contribution in [3.63, 3.8) is 0 Å². The molecule has 1 aromatic rings. The minimum atomic E-state index is -0.244. The molecule has 0 aromatic carbocycles. The van der Waals surface area contributed by atoms with Crippen LogP contribution in [0.15, 0.2) is 18.3 Å². The maximum atomic E-state index is 12.0. The number of nitrogens with zero attached hydrogens (tertiary/aromatic N) is 1. The van der Waals surface area contributed by atoms with Crippen LogP contribution in [-0.4, -0.2) is 22.0 Å². The van der Waals surface area contributed by atoms with Crippen molar-refractivity contribution in [2.75, 3.05) is 0 Å². The molecule has 2 saturated carbocycles. The van der Waals surface area contributed by atoms with Gasteiger partial charge in [-0.2, -0.15) is 0 Å². The number of aromatic nitrogens is 1. The van der Waals surface area contributed by atoms with Gasteiger partial charge >= 0.3 is 0 Å². The van der Waals surface area contributed by atoms with E-state index in [1.165, 1.54) is 37.9 Å². The molecule has 90 valence electrons. The topological polar surface area (TPSA) is 62.2 Å². The third-order valence-electron chi connectivity index (χ3n) is 3.56. The van der Waals surface area contributed by atoms with E-state index in [4.69, 9.17) is 0 Å². The molecule has 0 bridgehead atoms. The fourth-order valence-corrected chi connectivity index (χ4v) is 2.32. The number of nitrogens with one attached hydrogen (secondary N) is 1. The highest BCUT2D eigenvalue weighted by Gasteiger charge is 2.42. The van der Waals surface area contributed by atoms with Crippen molar-refractivity contribution in [1.82, 2.24) is 10.3 Å². The van der Waals surface area contributed by atoms with E-state index >= 15 is 0 Å². The highest BCUT2D eigenvalue weighted by atomic mass is 16.3. The third kappa shape index (κ3) is 2.25. The van der Waals surface area contributed by atoms with Crippen molar-refractivity contribution in [2.45, 2.75) is 31.7 Å². The first-order valence-electron chi connectivity index (χ1n) is 6.20. The molecule has 0 saturated heterocycles. The molecule has 0 unspecified atom stereocenters. The second-order valence-electron chi connectivity index (χ2n) is 5.05. The predicted molar refractivity (Wildman–Crippen MR) is 62.6 cm³/mol. The van der Waals surface area contributed by atoms with E-state index in [1.54, 1.807) is 6.07 Å². The molecular weight excluding hydrogens is 216 g/mol. The smallest absolute Gasteiger partial charge is 0.273 e. The van der Waals surface area contributed by atoms with Crippen LogP contribution < -0.4 is 5.32 Å². The molecule has 0 radical (unpaired) electrons. The molecule has 1 amide bonds. The molecule has 2 N–H and O–H groups in total. The van der Waals surface area contributed by atoms with Gasteiger partial charge < -0.3 is 10.4 Å². The molecule has 1 heterocycles. The number of pyridine rings is 1. The maximum Gasteiger partial charge on any atom is 0.273 e. The molecule has 0 aliphatic heterocycles. The second-order valence-corrected chi connectivity index (χ2v) is 5.05. The standard InChI is InChI=1S/C13H16N2O2/c16-10-2-1-7-14-12(10)13(17)15-11(8-3-4-8)9-5-6-9/h1-2,7-9,11,16H,3-6H2,(H,15,17). The normalized spacial score (nSPS) is 19.4. The van der Waals surface area contributed by atoms with E-state index in [1.807, 2.05) is 0 Å². The number of aromatic hydroxyl groups is 1. The zero-order chi connectivity index (χ0) is 11.8. The summed E-state index contributed by atoms with van der Waals surface area (Å²) in [7, 11) is 0. The van der Waals surface area contributed by atoms with Gasteiger partial charge in [-0.1, -0.05) is 0 Å². The maximum absolute atomic E-state index is 12.0. The average Bonchev–Trinajstić information content (AvgIpc) is 3.16. The first-order valence-corrected chi connectivity index (χ1v) is 6.20. The summed E-state index contributed by atoms with van der Waals surface area (Å²) in [5, 5.41) is 12.6. The van der Waals surface area contributed by atoms with Crippen LogP contribution in [0.25, 0.3) is 0 Å². The second kappa shape index (κ2) is 4.02. The zero-order valence-corrected chi connectivity index (χ0v) is 9.60. The van der Waals surface area contributed by atoms with Gasteiger partial charge in [-0.3, -0.25) is 4.79 Å². The molecule has 2 aliphatic rings. The Morgan fingerprint density at radius 2 is 2.00 bits per heavy atom. The monoisotopic (exact) mass is 232 g/mol. The summed E-state index contributed by atoms with van der Waals surface area (Å²) in [6, 6.07) is 3.40. The Balaban J connectivity index is 1.71. The first-order chi connectivity index (χ1) is 8.25. The Hall–Kier alpha value is -1.58. The van der Waals surface area contributed by atoms with Gasteiger partial charge in [-0.15, -0.1) is 0 Å². The lowest BCUT2D eigenvalue weighted by Gasteiger charge is -2.17. The van der Waals surface area contributed by atoms with Crippen LogP contribution >= 0.6 is 0 Å². The summed E-state index contributed by atoms with van der Waals surface area (Å²) in [6.07, 6.45) is 6.40. The fourth-order valence-electron chi connectivity index (χ4n) is 2.32. The average molecular weight is 232 g/mol. The summed E-state index contributed by atoms with van der Waals surface area (Å²) in [4.78, 5) is 15.9. The van der Waals surface area contributed by atoms with Crippen LogP contribution in [0, 0.1) is 11.8 Å². The number of hydrogen-bond acceptors (Lipinski definition) is 3. The summed E-state index contributed by atoms with van der Waals surface area (Å²) >= 11 is 0. The highest BCUT2D eigenvalue weighted by molar-refractivity contribution is 5.95. The van der Waals surface area contributed by atoms with Crippen molar-refractivity contribution in [3.05, 3.63) is 24.0 Å². The number of hydrogen-bond donors (Lipinski definition) is 2. The molecular formula is C13H16N2O2. The minimum Gasteiger partial charge on any atom is -0.505 e. The Morgan fingerprint density at radius 1 is 1.35 bits per heavy atom. The number of carbonyl (C=O) groups excluding carboxylic acids is 1. The Labute approximate surface area is 100 Å². The van der Waals surface area contributed by atoms with Crippen LogP contribution in [0.1, 0.15) is 36.2 Å². The summed E-state index contributed by atoms with van der Waals surface area (Å²) in [6.45, 7) is 0. The lowest BCUT2D eigenvalue weighted by Crippen LogP contribution is -2.38. The minimum absolute atomic E-state index is 0.0460. The fraction of sp³-hybridized carbons (Fsp3) is 0.538. The molecule has 2 aliphatic carbocycles. The van der Waals surface area contributed by atoms with Crippen molar-refractivity contribution in [1.29, 1.82) is 0 Å². The predicted octanol–water partition coefficient (Wildman–Crippen LogP) is 1.71. The number of carbonyl (C=O) groups is 1. The van der Waals surface area contributed by atoms with Crippen LogP contribution in [0.5, 0.6) is 5.75 Å². The van der Waals surface area contributed by atoms with Gasteiger partial charge in [0.1, 0.15) is 5.75 Å². The van der Waals surface area contributed by atoms with E-state index in [0.717, 1.165) is 0 Å². The van der Waals surface area contributed by atoms with Crippen LogP contribution in [-0.2, 0) is 0 Å². The summed E-state index contributed by atoms with van der Waals surface area (Å²) < 4.78 is 0. The van der Waals surface area contributed by atoms with Gasteiger partial charge in [0, 0.05) is 12.2 Å². The Kier molecular flexibility index (Phi) is 2.50. The van der Waals surface area contributed by atoms with E-state index in [0.29, 0.717) is 17.9 Å². The molecule has 4 heteroatoms. The molecule has 0 spiro atoms. The molecule has 4 nitrogen and oxygen atoms in total. The Morgan fingerprint density at radius 3 is 2.53 bits per heavy atom. The van der Waals surface area contributed by atoms with Crippen molar-refractivity contribution >= 4 is 5.91 Å². The molecule has 0 atom stereocenters. The lowest BCUT2D eigenvalue weighted by atomic mass is 10.1. The van der Waals surface area contributed by atoms with Crippen molar-refractivity contribution in [3.8, 4) is 5.75 Å². The highest BCUT2D eigenvalue weighted by Crippen LogP contribution is 2.44. The molecule has 17 heavy (non-hydrogen) atoms. The van der Waals surface area contributed by atoms with Crippen molar-refractivity contribution in [2.24, 2.45) is 11.8 Å². The lowest BCUT2D eigenvalue weighted by molar-refractivity contribution is 0.0918. The van der Waals surface area contributed by atoms with Gasteiger partial charge in [-0.05, 0) is 49.7 Å². The third-order valence-corrected chi connectivity index (χ3v) is 3.56. The van der Waals surface area contributed by atoms with Gasteiger partial charge in [0.25, 0.3) is 5.91 Å². The van der Waals surface area contributed by atoms with E-state index < -0.39 is 0 Å². The first kappa shape index (κ1) is 10.6. The van der Waals surface area contributed by atoms with Gasteiger partial charge in [0.15, 0.2) is 5.69 Å². The zero-order valence-electron chi connectivity index (χ0n) is 9.60. The molecule has 3 rings (SSSR count). The van der Waals surface area contributed by atoms with Gasteiger partial charge in [-0.25, -0.2) is 4.98 Å². The van der Waals surface area contributed by atoms with Crippen LogP contribution in [0.3, 0.4) is 0 Å². The van der Waals surface area contributed by atoms with Crippen LogP contribution in [0.4, 0.5) is 0 Å². The van der Waals surface area contributed by atoms with Gasteiger partial charge in [0.2, 0.25) is 0 Å². The van der Waals surface area contributed by atoms with E-state index in [2.05, 4.69) is 10.3 Å². The van der Waals surface area contributed by atoms with Crippen LogP contribution in [0.2, 0.25) is 0 Å². The summed E-state index contributed by atoms with van der Waals surface area (Å²) in [5.41, 5.74) is 0.138. The summed E-state index contributed by atoms with van der Waals surface area (Å²) in [5.74, 6) is 1.01. The van der Waals surface area contributed by atoms with Crippen molar-refractivity contribution < 1.29 is 9.90 Å².